The average molecular weight is 191 g/mol. The van der Waals surface area contributed by atoms with E-state index < -0.39 is 9.84 Å². The molecule has 0 radical (unpaired) electrons. The fourth-order valence-corrected chi connectivity index (χ4v) is 3.21. The van der Waals surface area contributed by atoms with Crippen LogP contribution in [0.1, 0.15) is 20.3 Å². The van der Waals surface area contributed by atoms with E-state index in [2.05, 4.69) is 4.90 Å². The summed E-state index contributed by atoms with van der Waals surface area (Å²) in [4.78, 5) is 2.07. The lowest BCUT2D eigenvalue weighted by Crippen LogP contribution is -2.30. The molecule has 0 bridgehead atoms. The smallest absolute Gasteiger partial charge is 0.156 e. The van der Waals surface area contributed by atoms with Crippen LogP contribution in [-0.2, 0) is 9.84 Å². The van der Waals surface area contributed by atoms with Gasteiger partial charge in [-0.25, -0.2) is 8.42 Å². The summed E-state index contributed by atoms with van der Waals surface area (Å²) in [5, 5.41) is -0.350. The zero-order chi connectivity index (χ0) is 9.35. The first-order chi connectivity index (χ1) is 5.44. The highest BCUT2D eigenvalue weighted by atomic mass is 32.2. The van der Waals surface area contributed by atoms with E-state index in [0.29, 0.717) is 6.54 Å². The summed E-state index contributed by atoms with van der Waals surface area (Å²) in [6.45, 7) is 5.14. The number of likely N-dealkylation sites (tertiary alicyclic amines) is 1. The van der Waals surface area contributed by atoms with Gasteiger partial charge in [0.1, 0.15) is 0 Å². The Hall–Kier alpha value is -0.0900. The van der Waals surface area contributed by atoms with E-state index in [1.54, 1.807) is 13.8 Å². The summed E-state index contributed by atoms with van der Waals surface area (Å²) < 4.78 is 23.3. The van der Waals surface area contributed by atoms with Gasteiger partial charge in [0.25, 0.3) is 0 Å². The molecule has 1 aliphatic rings. The first kappa shape index (κ1) is 9.99. The first-order valence-corrected chi connectivity index (χ1v) is 5.97. The van der Waals surface area contributed by atoms with Gasteiger partial charge in [0.05, 0.1) is 10.5 Å². The predicted octanol–water partition coefficient (Wildman–Crippen LogP) is 0.514. The van der Waals surface area contributed by atoms with E-state index in [9.17, 15) is 8.42 Å². The van der Waals surface area contributed by atoms with Crippen molar-refractivity contribution >= 4 is 9.84 Å². The van der Waals surface area contributed by atoms with Crippen molar-refractivity contribution in [2.75, 3.05) is 20.1 Å². The van der Waals surface area contributed by atoms with Crippen LogP contribution >= 0.6 is 0 Å². The Morgan fingerprint density at radius 2 is 2.00 bits per heavy atom. The fraction of sp³-hybridized carbons (Fsp3) is 1.00. The lowest BCUT2D eigenvalue weighted by molar-refractivity contribution is 0.417. The second-order valence-electron chi connectivity index (χ2n) is 3.81. The van der Waals surface area contributed by atoms with Gasteiger partial charge in [-0.1, -0.05) is 0 Å². The van der Waals surface area contributed by atoms with Crippen molar-refractivity contribution in [2.24, 2.45) is 0 Å². The predicted molar refractivity (Wildman–Crippen MR) is 50.0 cm³/mol. The zero-order valence-electron chi connectivity index (χ0n) is 7.95. The average Bonchev–Trinajstić information content (AvgIpc) is 2.35. The van der Waals surface area contributed by atoms with Gasteiger partial charge in [-0.15, -0.1) is 0 Å². The molecule has 0 aliphatic carbocycles. The molecule has 3 nitrogen and oxygen atoms in total. The standard InChI is InChI=1S/C8H17NO2S/c1-7(2)12(10,11)8-4-5-9(3)6-8/h7-8H,4-6H2,1-3H3/t8-/m0/s1. The third-order valence-corrected chi connectivity index (χ3v) is 5.10. The van der Waals surface area contributed by atoms with Crippen LogP contribution in [0.3, 0.4) is 0 Å². The Labute approximate surface area is 74.7 Å². The van der Waals surface area contributed by atoms with Gasteiger partial charge in [-0.05, 0) is 33.9 Å². The topological polar surface area (TPSA) is 37.4 Å². The molecular formula is C8H17NO2S. The maximum atomic E-state index is 11.7. The Morgan fingerprint density at radius 1 is 1.42 bits per heavy atom. The zero-order valence-corrected chi connectivity index (χ0v) is 8.76. The summed E-state index contributed by atoms with van der Waals surface area (Å²) in [5.74, 6) is 0. The summed E-state index contributed by atoms with van der Waals surface area (Å²) in [6, 6.07) is 0. The van der Waals surface area contributed by atoms with Crippen molar-refractivity contribution in [3.8, 4) is 0 Å². The monoisotopic (exact) mass is 191 g/mol. The lowest BCUT2D eigenvalue weighted by Gasteiger charge is -2.14. The maximum Gasteiger partial charge on any atom is 0.156 e. The minimum Gasteiger partial charge on any atom is -0.305 e. The van der Waals surface area contributed by atoms with Crippen molar-refractivity contribution < 1.29 is 8.42 Å². The number of nitrogens with zero attached hydrogens (tertiary/aromatic N) is 1. The number of rotatable bonds is 2. The van der Waals surface area contributed by atoms with Crippen LogP contribution < -0.4 is 0 Å². The summed E-state index contributed by atoms with van der Waals surface area (Å²) in [6.07, 6.45) is 0.803. The van der Waals surface area contributed by atoms with Crippen LogP contribution in [0.2, 0.25) is 0 Å². The normalized spacial score (nSPS) is 26.8. The molecule has 0 saturated carbocycles. The van der Waals surface area contributed by atoms with Gasteiger partial charge in [-0.3, -0.25) is 0 Å². The molecule has 0 aromatic heterocycles. The van der Waals surface area contributed by atoms with Crippen molar-refractivity contribution in [1.29, 1.82) is 0 Å². The molecule has 0 unspecified atom stereocenters. The molecule has 1 heterocycles. The fourth-order valence-electron chi connectivity index (χ4n) is 1.55. The highest BCUT2D eigenvalue weighted by Gasteiger charge is 2.33. The van der Waals surface area contributed by atoms with Crippen LogP contribution in [-0.4, -0.2) is 44.0 Å². The van der Waals surface area contributed by atoms with Crippen molar-refractivity contribution in [3.63, 3.8) is 0 Å². The van der Waals surface area contributed by atoms with E-state index in [0.717, 1.165) is 13.0 Å². The minimum atomic E-state index is -2.85. The summed E-state index contributed by atoms with van der Waals surface area (Å²) in [5.41, 5.74) is 0. The molecule has 1 atom stereocenters. The molecule has 12 heavy (non-hydrogen) atoms. The van der Waals surface area contributed by atoms with Gasteiger partial charge in [0, 0.05) is 6.54 Å². The number of sulfone groups is 1. The Morgan fingerprint density at radius 3 is 2.33 bits per heavy atom. The molecule has 0 aromatic rings. The Bertz CT molecular complexity index is 246. The van der Waals surface area contributed by atoms with Crippen LogP contribution in [0.15, 0.2) is 0 Å². The van der Waals surface area contributed by atoms with E-state index in [1.807, 2.05) is 7.05 Å². The summed E-state index contributed by atoms with van der Waals surface area (Å²) in [7, 11) is -0.883. The van der Waals surface area contributed by atoms with Crippen LogP contribution in [0, 0.1) is 0 Å². The molecule has 1 aliphatic heterocycles. The maximum absolute atomic E-state index is 11.7. The van der Waals surface area contributed by atoms with Gasteiger partial charge in [0.15, 0.2) is 9.84 Å². The number of hydrogen-bond donors (Lipinski definition) is 0. The molecule has 0 N–H and O–H groups in total. The molecule has 72 valence electrons. The Balaban J connectivity index is 2.71. The molecular weight excluding hydrogens is 174 g/mol. The van der Waals surface area contributed by atoms with Crippen LogP contribution in [0.25, 0.3) is 0 Å². The van der Waals surface area contributed by atoms with Gasteiger partial charge in [-0.2, -0.15) is 0 Å². The molecule has 0 amide bonds. The minimum absolute atomic E-state index is 0.123. The van der Waals surface area contributed by atoms with Crippen molar-refractivity contribution in [1.82, 2.24) is 4.90 Å². The van der Waals surface area contributed by atoms with Crippen LogP contribution in [0.5, 0.6) is 0 Å². The van der Waals surface area contributed by atoms with Gasteiger partial charge >= 0.3 is 0 Å². The van der Waals surface area contributed by atoms with Gasteiger partial charge in [0.2, 0.25) is 0 Å². The SMILES string of the molecule is CC(C)S(=O)(=O)[C@H]1CCN(C)C1. The third kappa shape index (κ3) is 1.80. The molecule has 0 spiro atoms. The second-order valence-corrected chi connectivity index (χ2v) is 6.60. The molecule has 4 heteroatoms. The Kier molecular flexibility index (Phi) is 2.78. The molecule has 0 aromatic carbocycles. The van der Waals surface area contributed by atoms with Gasteiger partial charge < -0.3 is 4.90 Å². The van der Waals surface area contributed by atoms with E-state index in [4.69, 9.17) is 0 Å². The lowest BCUT2D eigenvalue weighted by atomic mass is 10.4. The quantitative estimate of drug-likeness (QED) is 0.638. The van der Waals surface area contributed by atoms with Crippen molar-refractivity contribution in [3.05, 3.63) is 0 Å². The van der Waals surface area contributed by atoms with E-state index in [1.165, 1.54) is 0 Å². The number of hydrogen-bond acceptors (Lipinski definition) is 3. The highest BCUT2D eigenvalue weighted by Crippen LogP contribution is 2.19. The summed E-state index contributed by atoms with van der Waals surface area (Å²) >= 11 is 0. The van der Waals surface area contributed by atoms with Crippen LogP contribution in [0.4, 0.5) is 0 Å². The molecule has 1 fully saturated rings. The highest BCUT2D eigenvalue weighted by molar-refractivity contribution is 7.92. The molecule has 1 rings (SSSR count). The van der Waals surface area contributed by atoms with Crippen molar-refractivity contribution in [2.45, 2.75) is 30.8 Å². The largest absolute Gasteiger partial charge is 0.305 e. The first-order valence-electron chi connectivity index (χ1n) is 4.36. The van der Waals surface area contributed by atoms with E-state index >= 15 is 0 Å². The second kappa shape index (κ2) is 3.34. The van der Waals surface area contributed by atoms with E-state index in [-0.39, 0.29) is 10.5 Å². The third-order valence-electron chi connectivity index (χ3n) is 2.47. The molecule has 1 saturated heterocycles.